The molecule has 0 aliphatic carbocycles. The summed E-state index contributed by atoms with van der Waals surface area (Å²) >= 11 is 1.82. The molecule has 3 aromatic rings. The molecule has 1 aliphatic rings. The second kappa shape index (κ2) is 8.26. The first-order chi connectivity index (χ1) is 13.2. The predicted octanol–water partition coefficient (Wildman–Crippen LogP) is 4.73. The normalized spacial score (nSPS) is 15.6. The van der Waals surface area contributed by atoms with E-state index < -0.39 is 6.10 Å². The van der Waals surface area contributed by atoms with Crippen molar-refractivity contribution in [2.45, 2.75) is 32.5 Å². The van der Waals surface area contributed by atoms with Gasteiger partial charge in [0.15, 0.2) is 0 Å². The highest BCUT2D eigenvalue weighted by molar-refractivity contribution is 7.10. The lowest BCUT2D eigenvalue weighted by Crippen LogP contribution is -2.25. The Labute approximate surface area is 164 Å². The lowest BCUT2D eigenvalue weighted by Gasteiger charge is -2.19. The van der Waals surface area contributed by atoms with Crippen LogP contribution in [0.2, 0.25) is 0 Å². The summed E-state index contributed by atoms with van der Waals surface area (Å²) in [5.41, 5.74) is 4.62. The van der Waals surface area contributed by atoms with E-state index >= 15 is 0 Å². The quantitative estimate of drug-likeness (QED) is 0.696. The number of aliphatic hydroxyl groups excluding tert-OH is 1. The number of aryl methyl sites for hydroxylation is 1. The van der Waals surface area contributed by atoms with E-state index in [1.54, 1.807) is 0 Å². The van der Waals surface area contributed by atoms with Gasteiger partial charge in [-0.25, -0.2) is 0 Å². The lowest BCUT2D eigenvalue weighted by molar-refractivity contribution is 0.178. The second-order valence-corrected chi connectivity index (χ2v) is 8.16. The standard InChI is InChI=1S/C23H25NO2S/c1-17-9-12-27-23(17)16-24-10-11-26-22-8-7-19(14-20(22)15-24)21(25)13-18-5-3-2-4-6-18/h2-9,12,14,21,25H,10-11,13,15-16H2,1H3/t21-/m0/s1. The molecule has 4 rings (SSSR count). The van der Waals surface area contributed by atoms with Crippen LogP contribution in [0.5, 0.6) is 5.75 Å². The lowest BCUT2D eigenvalue weighted by atomic mass is 9.99. The molecular formula is C23H25NO2S. The Hall–Kier alpha value is -2.14. The molecule has 27 heavy (non-hydrogen) atoms. The Morgan fingerprint density at radius 1 is 1.15 bits per heavy atom. The second-order valence-electron chi connectivity index (χ2n) is 7.16. The number of hydrogen-bond donors (Lipinski definition) is 1. The van der Waals surface area contributed by atoms with E-state index in [1.165, 1.54) is 10.4 Å². The van der Waals surface area contributed by atoms with Crippen LogP contribution >= 0.6 is 11.3 Å². The summed E-state index contributed by atoms with van der Waals surface area (Å²) in [5, 5.41) is 12.9. The van der Waals surface area contributed by atoms with E-state index in [2.05, 4.69) is 41.5 Å². The molecule has 3 nitrogen and oxygen atoms in total. The number of aliphatic hydroxyl groups is 1. The van der Waals surface area contributed by atoms with Gasteiger partial charge in [0.05, 0.1) is 6.10 Å². The van der Waals surface area contributed by atoms with E-state index in [-0.39, 0.29) is 0 Å². The van der Waals surface area contributed by atoms with Crippen molar-refractivity contribution >= 4 is 11.3 Å². The van der Waals surface area contributed by atoms with Crippen molar-refractivity contribution in [2.24, 2.45) is 0 Å². The van der Waals surface area contributed by atoms with Gasteiger partial charge in [-0.1, -0.05) is 36.4 Å². The summed E-state index contributed by atoms with van der Waals surface area (Å²) in [7, 11) is 0. The first kappa shape index (κ1) is 18.2. The zero-order valence-electron chi connectivity index (χ0n) is 15.6. The highest BCUT2D eigenvalue weighted by Gasteiger charge is 2.19. The van der Waals surface area contributed by atoms with Crippen LogP contribution in [0.3, 0.4) is 0 Å². The van der Waals surface area contributed by atoms with Gasteiger partial charge in [0.1, 0.15) is 12.4 Å². The smallest absolute Gasteiger partial charge is 0.123 e. The van der Waals surface area contributed by atoms with E-state index in [0.717, 1.165) is 42.1 Å². The van der Waals surface area contributed by atoms with Crippen molar-refractivity contribution in [2.75, 3.05) is 13.2 Å². The molecule has 4 heteroatoms. The molecule has 0 fully saturated rings. The Bertz CT molecular complexity index is 890. The van der Waals surface area contributed by atoms with Crippen molar-refractivity contribution in [1.29, 1.82) is 0 Å². The topological polar surface area (TPSA) is 32.7 Å². The first-order valence-corrected chi connectivity index (χ1v) is 10.3. The number of ether oxygens (including phenoxy) is 1. The van der Waals surface area contributed by atoms with Crippen molar-refractivity contribution in [3.8, 4) is 5.75 Å². The van der Waals surface area contributed by atoms with Gasteiger partial charge in [-0.2, -0.15) is 0 Å². The monoisotopic (exact) mass is 379 g/mol. The number of benzene rings is 2. The van der Waals surface area contributed by atoms with Crippen LogP contribution in [0.25, 0.3) is 0 Å². The fourth-order valence-corrected chi connectivity index (χ4v) is 4.48. The Morgan fingerprint density at radius 2 is 2.00 bits per heavy atom. The van der Waals surface area contributed by atoms with Crippen molar-refractivity contribution in [3.63, 3.8) is 0 Å². The average molecular weight is 380 g/mol. The molecule has 1 aromatic heterocycles. The molecule has 0 amide bonds. The fourth-order valence-electron chi connectivity index (χ4n) is 3.54. The van der Waals surface area contributed by atoms with E-state index in [1.807, 2.05) is 41.7 Å². The molecule has 0 bridgehead atoms. The molecular weight excluding hydrogens is 354 g/mol. The van der Waals surface area contributed by atoms with Gasteiger partial charge in [0, 0.05) is 36.5 Å². The molecule has 1 atom stereocenters. The average Bonchev–Trinajstić information content (AvgIpc) is 2.97. The molecule has 140 valence electrons. The molecule has 0 spiro atoms. The minimum absolute atomic E-state index is 0.506. The van der Waals surface area contributed by atoms with E-state index in [4.69, 9.17) is 4.74 Å². The summed E-state index contributed by atoms with van der Waals surface area (Å²) in [5.74, 6) is 0.941. The molecule has 2 heterocycles. The SMILES string of the molecule is Cc1ccsc1CN1CCOc2ccc([C@@H](O)Cc3ccccc3)cc2C1. The summed E-state index contributed by atoms with van der Waals surface area (Å²) < 4.78 is 5.96. The van der Waals surface area contributed by atoms with Crippen molar-refractivity contribution in [3.05, 3.63) is 87.1 Å². The number of hydrogen-bond acceptors (Lipinski definition) is 4. The van der Waals surface area contributed by atoms with Gasteiger partial charge >= 0.3 is 0 Å². The number of nitrogens with zero attached hydrogens (tertiary/aromatic N) is 1. The van der Waals surface area contributed by atoms with Gasteiger partial charge in [-0.05, 0) is 47.2 Å². The number of fused-ring (bicyclic) bond motifs is 1. The third-order valence-electron chi connectivity index (χ3n) is 5.14. The summed E-state index contributed by atoms with van der Waals surface area (Å²) in [6, 6.07) is 18.4. The van der Waals surface area contributed by atoms with Crippen molar-refractivity contribution in [1.82, 2.24) is 4.90 Å². The fraction of sp³-hybridized carbons (Fsp3) is 0.304. The molecule has 1 aliphatic heterocycles. The van der Waals surface area contributed by atoms with Crippen LogP contribution in [-0.2, 0) is 19.5 Å². The largest absolute Gasteiger partial charge is 0.492 e. The van der Waals surface area contributed by atoms with E-state index in [9.17, 15) is 5.11 Å². The zero-order chi connectivity index (χ0) is 18.6. The van der Waals surface area contributed by atoms with Crippen LogP contribution in [-0.4, -0.2) is 23.2 Å². The van der Waals surface area contributed by atoms with Gasteiger partial charge < -0.3 is 9.84 Å². The Morgan fingerprint density at radius 3 is 2.78 bits per heavy atom. The van der Waals surface area contributed by atoms with E-state index in [0.29, 0.717) is 13.0 Å². The maximum atomic E-state index is 10.7. The minimum Gasteiger partial charge on any atom is -0.492 e. The highest BCUT2D eigenvalue weighted by Crippen LogP contribution is 2.29. The molecule has 0 radical (unpaired) electrons. The summed E-state index contributed by atoms with van der Waals surface area (Å²) in [6.07, 6.45) is 0.118. The third-order valence-corrected chi connectivity index (χ3v) is 6.14. The first-order valence-electron chi connectivity index (χ1n) is 9.42. The van der Waals surface area contributed by atoms with Gasteiger partial charge in [-0.15, -0.1) is 11.3 Å². The predicted molar refractivity (Wildman–Crippen MR) is 110 cm³/mol. The van der Waals surface area contributed by atoms with Crippen molar-refractivity contribution < 1.29 is 9.84 Å². The Kier molecular flexibility index (Phi) is 5.58. The van der Waals surface area contributed by atoms with Crippen LogP contribution in [0, 0.1) is 6.92 Å². The Balaban J connectivity index is 1.51. The summed E-state index contributed by atoms with van der Waals surface area (Å²) in [4.78, 5) is 3.84. The maximum Gasteiger partial charge on any atom is 0.123 e. The number of rotatable bonds is 5. The van der Waals surface area contributed by atoms with Gasteiger partial charge in [0.2, 0.25) is 0 Å². The van der Waals surface area contributed by atoms with Gasteiger partial charge in [0.25, 0.3) is 0 Å². The van der Waals surface area contributed by atoms with Crippen LogP contribution in [0.1, 0.15) is 33.2 Å². The highest BCUT2D eigenvalue weighted by atomic mass is 32.1. The number of thiophene rings is 1. The maximum absolute atomic E-state index is 10.7. The van der Waals surface area contributed by atoms with Crippen LogP contribution in [0.15, 0.2) is 60.0 Å². The summed E-state index contributed by atoms with van der Waals surface area (Å²) in [6.45, 7) is 5.57. The van der Waals surface area contributed by atoms with Crippen LogP contribution < -0.4 is 4.74 Å². The minimum atomic E-state index is -0.506. The zero-order valence-corrected chi connectivity index (χ0v) is 16.4. The van der Waals surface area contributed by atoms with Gasteiger partial charge in [-0.3, -0.25) is 4.90 Å². The molecule has 0 saturated heterocycles. The molecule has 0 saturated carbocycles. The third kappa shape index (κ3) is 4.41. The molecule has 1 N–H and O–H groups in total. The molecule has 2 aromatic carbocycles. The van der Waals surface area contributed by atoms with Crippen LogP contribution in [0.4, 0.5) is 0 Å². The molecule has 0 unspecified atom stereocenters.